The van der Waals surface area contributed by atoms with Gasteiger partial charge in [0.05, 0.1) is 16.3 Å². The van der Waals surface area contributed by atoms with E-state index in [0.29, 0.717) is 17.5 Å². The predicted molar refractivity (Wildman–Crippen MR) is 151 cm³/mol. The molecule has 1 amide bonds. The van der Waals surface area contributed by atoms with Gasteiger partial charge >= 0.3 is 6.09 Å². The van der Waals surface area contributed by atoms with Gasteiger partial charge in [0.25, 0.3) is 0 Å². The molecule has 1 aromatic heterocycles. The highest BCUT2D eigenvalue weighted by Crippen LogP contribution is 2.36. The van der Waals surface area contributed by atoms with Crippen LogP contribution in [0.15, 0.2) is 78.9 Å². The molecule has 4 aromatic rings. The van der Waals surface area contributed by atoms with Crippen molar-refractivity contribution in [3.05, 3.63) is 95.7 Å². The van der Waals surface area contributed by atoms with Crippen LogP contribution in [0.5, 0.6) is 0 Å². The van der Waals surface area contributed by atoms with Crippen LogP contribution in [0.3, 0.4) is 0 Å². The highest BCUT2D eigenvalue weighted by atomic mass is 32.1. The maximum Gasteiger partial charge on any atom is 0.412 e. The minimum atomic E-state index is -0.487. The minimum absolute atomic E-state index is 0.347. The quantitative estimate of drug-likeness (QED) is 0.263. The van der Waals surface area contributed by atoms with E-state index in [4.69, 9.17) is 4.74 Å². The van der Waals surface area contributed by atoms with Crippen LogP contribution in [-0.4, -0.2) is 10.5 Å². The molecule has 5 heteroatoms. The SMILES string of the molecule is CCC(c1ccc(-c2ccc(-c3snc(C)c3NC(=O)O[C@H](C)c3ccccc3)cc2)cc1)C(C)C. The summed E-state index contributed by atoms with van der Waals surface area (Å²) >= 11 is 1.38. The molecule has 36 heavy (non-hydrogen) atoms. The smallest absolute Gasteiger partial charge is 0.412 e. The van der Waals surface area contributed by atoms with Gasteiger partial charge < -0.3 is 4.74 Å². The maximum atomic E-state index is 12.7. The Balaban J connectivity index is 1.48. The molecule has 1 heterocycles. The molecule has 0 aliphatic rings. The van der Waals surface area contributed by atoms with Gasteiger partial charge in [0.1, 0.15) is 6.10 Å². The Kier molecular flexibility index (Phi) is 8.21. The van der Waals surface area contributed by atoms with Gasteiger partial charge in [-0.1, -0.05) is 99.6 Å². The number of hydrogen-bond acceptors (Lipinski definition) is 4. The summed E-state index contributed by atoms with van der Waals surface area (Å²) in [4.78, 5) is 13.6. The number of nitrogens with zero attached hydrogens (tertiary/aromatic N) is 1. The zero-order chi connectivity index (χ0) is 25.7. The number of aromatic nitrogens is 1. The number of anilines is 1. The van der Waals surface area contributed by atoms with Gasteiger partial charge in [-0.05, 0) is 71.5 Å². The first-order chi connectivity index (χ1) is 17.4. The van der Waals surface area contributed by atoms with Crippen molar-refractivity contribution in [3.63, 3.8) is 0 Å². The van der Waals surface area contributed by atoms with Crippen LogP contribution in [0.4, 0.5) is 10.5 Å². The number of hydrogen-bond donors (Lipinski definition) is 1. The van der Waals surface area contributed by atoms with Crippen LogP contribution in [0.25, 0.3) is 21.6 Å². The van der Waals surface area contributed by atoms with E-state index in [0.717, 1.165) is 33.7 Å². The number of rotatable bonds is 8. The van der Waals surface area contributed by atoms with E-state index in [1.54, 1.807) is 0 Å². The third kappa shape index (κ3) is 5.85. The summed E-state index contributed by atoms with van der Waals surface area (Å²) in [6.45, 7) is 10.6. The van der Waals surface area contributed by atoms with E-state index in [2.05, 4.69) is 79.0 Å². The van der Waals surface area contributed by atoms with Crippen LogP contribution in [0.1, 0.15) is 63.0 Å². The fourth-order valence-corrected chi connectivity index (χ4v) is 5.48. The van der Waals surface area contributed by atoms with Crippen molar-refractivity contribution < 1.29 is 9.53 Å². The Hall–Kier alpha value is -3.44. The average molecular weight is 499 g/mol. The number of amides is 1. The van der Waals surface area contributed by atoms with Crippen molar-refractivity contribution in [3.8, 4) is 21.6 Å². The molecule has 186 valence electrons. The lowest BCUT2D eigenvalue weighted by molar-refractivity contribution is 0.121. The Morgan fingerprint density at radius 2 is 1.44 bits per heavy atom. The third-order valence-corrected chi connectivity index (χ3v) is 7.69. The first-order valence-corrected chi connectivity index (χ1v) is 13.3. The van der Waals surface area contributed by atoms with Crippen molar-refractivity contribution in [1.82, 2.24) is 4.37 Å². The second-order valence-electron chi connectivity index (χ2n) is 9.51. The molecular weight excluding hydrogens is 464 g/mol. The summed E-state index contributed by atoms with van der Waals surface area (Å²) in [5, 5.41) is 2.92. The zero-order valence-corrected chi connectivity index (χ0v) is 22.4. The molecule has 1 unspecified atom stereocenters. The monoisotopic (exact) mass is 498 g/mol. The van der Waals surface area contributed by atoms with E-state index in [-0.39, 0.29) is 6.10 Å². The van der Waals surface area contributed by atoms with Gasteiger partial charge in [0.15, 0.2) is 0 Å². The molecule has 3 aromatic carbocycles. The minimum Gasteiger partial charge on any atom is -0.441 e. The zero-order valence-electron chi connectivity index (χ0n) is 21.6. The number of aryl methyl sites for hydroxylation is 1. The Labute approximate surface area is 218 Å². The molecule has 0 aliphatic carbocycles. The van der Waals surface area contributed by atoms with Crippen LogP contribution >= 0.6 is 11.5 Å². The van der Waals surface area contributed by atoms with E-state index in [9.17, 15) is 4.79 Å². The molecular formula is C31H34N2O2S. The molecule has 0 bridgehead atoms. The summed E-state index contributed by atoms with van der Waals surface area (Å²) in [6.07, 6.45) is 0.314. The van der Waals surface area contributed by atoms with Gasteiger partial charge in [0.2, 0.25) is 0 Å². The third-order valence-electron chi connectivity index (χ3n) is 6.71. The predicted octanol–water partition coefficient (Wildman–Crippen LogP) is 9.24. The second kappa shape index (κ2) is 11.5. The van der Waals surface area contributed by atoms with Crippen molar-refractivity contribution in [2.75, 3.05) is 5.32 Å². The van der Waals surface area contributed by atoms with Crippen LogP contribution in [0, 0.1) is 12.8 Å². The summed E-state index contributed by atoms with van der Waals surface area (Å²) in [7, 11) is 0. The van der Waals surface area contributed by atoms with Gasteiger partial charge in [-0.3, -0.25) is 5.32 Å². The molecule has 1 N–H and O–H groups in total. The van der Waals surface area contributed by atoms with Crippen LogP contribution < -0.4 is 5.32 Å². The van der Waals surface area contributed by atoms with E-state index >= 15 is 0 Å². The lowest BCUT2D eigenvalue weighted by Gasteiger charge is -2.19. The molecule has 0 saturated carbocycles. The molecule has 0 aliphatic heterocycles. The number of ether oxygens (including phenoxy) is 1. The molecule has 0 spiro atoms. The van der Waals surface area contributed by atoms with Crippen molar-refractivity contribution in [2.24, 2.45) is 5.92 Å². The number of nitrogens with one attached hydrogen (secondary N) is 1. The van der Waals surface area contributed by atoms with Crippen LogP contribution in [0.2, 0.25) is 0 Å². The Morgan fingerprint density at radius 3 is 2.03 bits per heavy atom. The Bertz CT molecular complexity index is 1280. The van der Waals surface area contributed by atoms with Crippen LogP contribution in [-0.2, 0) is 4.74 Å². The van der Waals surface area contributed by atoms with Gasteiger partial charge in [-0.15, -0.1) is 0 Å². The fourth-order valence-electron chi connectivity index (χ4n) is 4.63. The first-order valence-electron chi connectivity index (χ1n) is 12.6. The summed E-state index contributed by atoms with van der Waals surface area (Å²) in [5.41, 5.74) is 7.19. The summed E-state index contributed by atoms with van der Waals surface area (Å²) in [6, 6.07) is 27.1. The standard InChI is InChI=1S/C31H34N2O2S/c1-6-28(20(2)3)26-16-12-24(13-17-26)25-14-18-27(19-15-25)30-29(21(4)33-36-30)32-31(34)35-22(5)23-10-8-7-9-11-23/h7-20,22,28H,6H2,1-5H3,(H,32,34)/t22-,28?/m1/s1. The lowest BCUT2D eigenvalue weighted by Crippen LogP contribution is -2.16. The van der Waals surface area contributed by atoms with E-state index in [1.807, 2.05) is 44.2 Å². The van der Waals surface area contributed by atoms with E-state index in [1.165, 1.54) is 22.7 Å². The van der Waals surface area contributed by atoms with Gasteiger partial charge in [-0.2, -0.15) is 4.37 Å². The highest BCUT2D eigenvalue weighted by molar-refractivity contribution is 7.10. The summed E-state index contributed by atoms with van der Waals surface area (Å²) in [5.74, 6) is 1.22. The highest BCUT2D eigenvalue weighted by Gasteiger charge is 2.18. The largest absolute Gasteiger partial charge is 0.441 e. The maximum absolute atomic E-state index is 12.7. The van der Waals surface area contributed by atoms with E-state index < -0.39 is 6.09 Å². The number of carbonyl (C=O) groups is 1. The lowest BCUT2D eigenvalue weighted by atomic mass is 9.86. The van der Waals surface area contributed by atoms with Gasteiger partial charge in [0, 0.05) is 0 Å². The topological polar surface area (TPSA) is 51.2 Å². The molecule has 0 saturated heterocycles. The molecule has 0 fully saturated rings. The average Bonchev–Trinajstić information content (AvgIpc) is 3.25. The second-order valence-corrected chi connectivity index (χ2v) is 10.3. The number of benzene rings is 3. The first kappa shape index (κ1) is 25.6. The van der Waals surface area contributed by atoms with Gasteiger partial charge in [-0.25, -0.2) is 4.79 Å². The molecule has 4 rings (SSSR count). The normalized spacial score (nSPS) is 12.8. The van der Waals surface area contributed by atoms with Crippen molar-refractivity contribution >= 4 is 23.3 Å². The van der Waals surface area contributed by atoms with Crippen molar-refractivity contribution in [2.45, 2.75) is 53.1 Å². The molecule has 4 nitrogen and oxygen atoms in total. The fraction of sp³-hybridized carbons (Fsp3) is 0.290. The Morgan fingerprint density at radius 1 is 0.861 bits per heavy atom. The molecule has 2 atom stereocenters. The summed E-state index contributed by atoms with van der Waals surface area (Å²) < 4.78 is 10.1. The van der Waals surface area contributed by atoms with Crippen molar-refractivity contribution in [1.29, 1.82) is 0 Å². The molecule has 0 radical (unpaired) electrons. The number of carbonyl (C=O) groups excluding carboxylic acids is 1.